The molecule has 0 aliphatic carbocycles. The first-order chi connectivity index (χ1) is 16.6. The lowest BCUT2D eigenvalue weighted by molar-refractivity contribution is -0.0159. The number of ether oxygens (including phenoxy) is 2. The highest BCUT2D eigenvalue weighted by atomic mass is 16.5. The average Bonchev–Trinajstić information content (AvgIpc) is 3.41. The van der Waals surface area contributed by atoms with Crippen LogP contribution in [0.4, 0.5) is 11.5 Å². The van der Waals surface area contributed by atoms with Crippen LogP contribution in [0.15, 0.2) is 61.1 Å². The number of nitriles is 1. The first-order valence-electron chi connectivity index (χ1n) is 10.9. The fourth-order valence-corrected chi connectivity index (χ4v) is 4.08. The number of rotatable bonds is 6. The van der Waals surface area contributed by atoms with Crippen molar-refractivity contribution in [3.63, 3.8) is 0 Å². The predicted molar refractivity (Wildman–Crippen MR) is 126 cm³/mol. The molecule has 3 N–H and O–H groups in total. The van der Waals surface area contributed by atoms with Crippen molar-refractivity contribution in [1.29, 1.82) is 5.26 Å². The van der Waals surface area contributed by atoms with Gasteiger partial charge in [0.25, 0.3) is 0 Å². The molecule has 0 unspecified atom stereocenters. The topological polar surface area (TPSA) is 125 Å². The third kappa shape index (κ3) is 3.95. The Morgan fingerprint density at radius 2 is 1.91 bits per heavy atom. The van der Waals surface area contributed by atoms with Crippen LogP contribution in [-0.2, 0) is 4.74 Å². The average molecular weight is 457 g/mol. The van der Waals surface area contributed by atoms with E-state index in [0.29, 0.717) is 23.6 Å². The first kappa shape index (κ1) is 21.9. The minimum Gasteiger partial charge on any atom is -0.494 e. The van der Waals surface area contributed by atoms with E-state index in [1.807, 2.05) is 37.4 Å². The standard InChI is InChI=1S/C25H23N5O4/c1-2-33-18-9-5-16(6-10-18)19-12-30(25-22(32)20(31)13-34-25)24-21(19)23(27-14-28-24)29-17-7-3-15(11-26)4-8-17/h3-10,12,14,20,22,25,31-32H,2,13H2,1H3,(H,27,28,29)/t20-,22-,25-/m1/s1. The van der Waals surface area contributed by atoms with Gasteiger partial charge < -0.3 is 29.6 Å². The van der Waals surface area contributed by atoms with Gasteiger partial charge in [-0.15, -0.1) is 0 Å². The summed E-state index contributed by atoms with van der Waals surface area (Å²) in [7, 11) is 0. The zero-order valence-electron chi connectivity index (χ0n) is 18.4. The first-order valence-corrected chi connectivity index (χ1v) is 10.9. The van der Waals surface area contributed by atoms with E-state index in [4.69, 9.17) is 14.7 Å². The largest absolute Gasteiger partial charge is 0.494 e. The Hall–Kier alpha value is -3.97. The Balaban J connectivity index is 1.64. The molecule has 0 spiro atoms. The molecule has 1 saturated heterocycles. The van der Waals surface area contributed by atoms with E-state index >= 15 is 0 Å². The molecule has 2 aromatic heterocycles. The highest BCUT2D eigenvalue weighted by Crippen LogP contribution is 2.39. The summed E-state index contributed by atoms with van der Waals surface area (Å²) in [5.41, 5.74) is 3.60. The summed E-state index contributed by atoms with van der Waals surface area (Å²) in [6.45, 7) is 2.54. The van der Waals surface area contributed by atoms with Gasteiger partial charge in [-0.2, -0.15) is 5.26 Å². The molecule has 0 radical (unpaired) electrons. The maximum absolute atomic E-state index is 10.5. The maximum atomic E-state index is 10.5. The fourth-order valence-electron chi connectivity index (χ4n) is 4.08. The lowest BCUT2D eigenvalue weighted by atomic mass is 10.1. The van der Waals surface area contributed by atoms with Crippen molar-refractivity contribution in [3.8, 4) is 22.9 Å². The third-order valence-electron chi connectivity index (χ3n) is 5.76. The zero-order chi connectivity index (χ0) is 23.7. The normalized spacial score (nSPS) is 19.8. The van der Waals surface area contributed by atoms with Crippen molar-refractivity contribution in [2.24, 2.45) is 0 Å². The van der Waals surface area contributed by atoms with Gasteiger partial charge in [-0.3, -0.25) is 0 Å². The highest BCUT2D eigenvalue weighted by Gasteiger charge is 2.37. The fraction of sp³-hybridized carbons (Fsp3) is 0.240. The molecule has 172 valence electrons. The van der Waals surface area contributed by atoms with Crippen LogP contribution in [0.25, 0.3) is 22.2 Å². The lowest BCUT2D eigenvalue weighted by Crippen LogP contribution is -2.28. The zero-order valence-corrected chi connectivity index (χ0v) is 18.4. The van der Waals surface area contributed by atoms with Crippen molar-refractivity contribution in [3.05, 3.63) is 66.6 Å². The Kier molecular flexibility index (Phi) is 5.86. The van der Waals surface area contributed by atoms with Gasteiger partial charge in [0.2, 0.25) is 0 Å². The lowest BCUT2D eigenvalue weighted by Gasteiger charge is -2.17. The summed E-state index contributed by atoms with van der Waals surface area (Å²) in [4.78, 5) is 8.95. The van der Waals surface area contributed by atoms with Crippen LogP contribution >= 0.6 is 0 Å². The minimum absolute atomic E-state index is 0.0331. The molecule has 3 atom stereocenters. The third-order valence-corrected chi connectivity index (χ3v) is 5.76. The molecule has 0 bridgehead atoms. The van der Waals surface area contributed by atoms with Crippen LogP contribution in [0.3, 0.4) is 0 Å². The molecule has 5 rings (SSSR count). The molecule has 34 heavy (non-hydrogen) atoms. The number of anilines is 2. The Morgan fingerprint density at radius 1 is 1.15 bits per heavy atom. The number of hydrogen-bond acceptors (Lipinski definition) is 8. The van der Waals surface area contributed by atoms with Crippen LogP contribution in [0.5, 0.6) is 5.75 Å². The monoisotopic (exact) mass is 457 g/mol. The number of aliphatic hydroxyl groups is 2. The van der Waals surface area contributed by atoms with Crippen molar-refractivity contribution in [2.75, 3.05) is 18.5 Å². The van der Waals surface area contributed by atoms with Gasteiger partial charge in [-0.1, -0.05) is 12.1 Å². The van der Waals surface area contributed by atoms with E-state index in [1.54, 1.807) is 28.8 Å². The van der Waals surface area contributed by atoms with E-state index in [0.717, 1.165) is 28.0 Å². The molecule has 2 aromatic carbocycles. The smallest absolute Gasteiger partial charge is 0.164 e. The van der Waals surface area contributed by atoms with Crippen LogP contribution in [-0.4, -0.2) is 50.2 Å². The summed E-state index contributed by atoms with van der Waals surface area (Å²) >= 11 is 0. The van der Waals surface area contributed by atoms with Gasteiger partial charge in [-0.25, -0.2) is 9.97 Å². The highest BCUT2D eigenvalue weighted by molar-refractivity contribution is 6.02. The van der Waals surface area contributed by atoms with Gasteiger partial charge in [0, 0.05) is 17.4 Å². The quantitative estimate of drug-likeness (QED) is 0.402. The Morgan fingerprint density at radius 3 is 2.56 bits per heavy atom. The van der Waals surface area contributed by atoms with E-state index < -0.39 is 18.4 Å². The van der Waals surface area contributed by atoms with E-state index in [1.165, 1.54) is 6.33 Å². The second-order valence-electron chi connectivity index (χ2n) is 7.92. The molecule has 0 saturated carbocycles. The minimum atomic E-state index is -1.09. The van der Waals surface area contributed by atoms with Gasteiger partial charge in [0.1, 0.15) is 35.7 Å². The van der Waals surface area contributed by atoms with E-state index in [9.17, 15) is 10.2 Å². The maximum Gasteiger partial charge on any atom is 0.164 e. The van der Waals surface area contributed by atoms with Crippen molar-refractivity contribution >= 4 is 22.5 Å². The molecule has 9 nitrogen and oxygen atoms in total. The predicted octanol–water partition coefficient (Wildman–Crippen LogP) is 3.36. The molecule has 9 heteroatoms. The molecule has 0 amide bonds. The van der Waals surface area contributed by atoms with Gasteiger partial charge in [-0.05, 0) is 48.9 Å². The number of hydrogen-bond donors (Lipinski definition) is 3. The van der Waals surface area contributed by atoms with Crippen LogP contribution in [0.1, 0.15) is 18.7 Å². The Labute approximate surface area is 195 Å². The second-order valence-corrected chi connectivity index (χ2v) is 7.92. The van der Waals surface area contributed by atoms with Gasteiger partial charge >= 0.3 is 0 Å². The van der Waals surface area contributed by atoms with E-state index in [2.05, 4.69) is 21.4 Å². The van der Waals surface area contributed by atoms with Crippen LogP contribution in [0, 0.1) is 11.3 Å². The molecule has 3 heterocycles. The molecule has 1 aliphatic heterocycles. The van der Waals surface area contributed by atoms with Crippen molar-refractivity contribution in [2.45, 2.75) is 25.4 Å². The van der Waals surface area contributed by atoms with Gasteiger partial charge in [0.05, 0.1) is 30.2 Å². The summed E-state index contributed by atoms with van der Waals surface area (Å²) in [5.74, 6) is 1.32. The number of benzene rings is 2. The molecular weight excluding hydrogens is 434 g/mol. The van der Waals surface area contributed by atoms with E-state index in [-0.39, 0.29) is 6.61 Å². The summed E-state index contributed by atoms with van der Waals surface area (Å²) < 4.78 is 13.0. The summed E-state index contributed by atoms with van der Waals surface area (Å²) in [6.07, 6.45) is 0.435. The number of fused-ring (bicyclic) bond motifs is 1. The molecule has 1 aliphatic rings. The van der Waals surface area contributed by atoms with Crippen molar-refractivity contribution < 1.29 is 19.7 Å². The second kappa shape index (κ2) is 9.11. The van der Waals surface area contributed by atoms with Crippen molar-refractivity contribution in [1.82, 2.24) is 14.5 Å². The molecule has 1 fully saturated rings. The number of aromatic nitrogens is 3. The molecular formula is C25H23N5O4. The van der Waals surface area contributed by atoms with Gasteiger partial charge in [0.15, 0.2) is 6.23 Å². The summed E-state index contributed by atoms with van der Waals surface area (Å²) in [6, 6.07) is 16.9. The number of nitrogens with zero attached hydrogens (tertiary/aromatic N) is 4. The summed E-state index contributed by atoms with van der Waals surface area (Å²) in [5, 5.41) is 33.6. The van der Waals surface area contributed by atoms with Crippen LogP contribution < -0.4 is 10.1 Å². The van der Waals surface area contributed by atoms with Crippen LogP contribution in [0.2, 0.25) is 0 Å². The Bertz CT molecular complexity index is 1340. The SMILES string of the molecule is CCOc1ccc(-c2cn([C@@H]3OC[C@@H](O)[C@H]3O)c3ncnc(Nc4ccc(C#N)cc4)c23)cc1. The number of aliphatic hydroxyl groups excluding tert-OH is 2. The number of nitrogens with one attached hydrogen (secondary N) is 1. The molecule has 4 aromatic rings.